The van der Waals surface area contributed by atoms with Crippen LogP contribution in [-0.4, -0.2) is 52.1 Å². The van der Waals surface area contributed by atoms with E-state index in [1.54, 1.807) is 10.7 Å². The molecule has 1 N–H and O–H groups in total. The SMILES string of the molecule is Cc1nn(-c2ccccc2)c2nc(C(=O)O)cc(-c3ccc(N4CCC5(CC4)COC5)cc3)c12. The first-order valence-corrected chi connectivity index (χ1v) is 11.7. The molecule has 34 heavy (non-hydrogen) atoms. The summed E-state index contributed by atoms with van der Waals surface area (Å²) in [5.74, 6) is -1.06. The Bertz CT molecular complexity index is 1360. The van der Waals surface area contributed by atoms with Crippen LogP contribution in [0.25, 0.3) is 27.8 Å². The number of aromatic carboxylic acids is 1. The van der Waals surface area contributed by atoms with Crippen molar-refractivity contribution in [2.75, 3.05) is 31.2 Å². The van der Waals surface area contributed by atoms with E-state index >= 15 is 0 Å². The third-order valence-corrected chi connectivity index (χ3v) is 7.22. The average molecular weight is 455 g/mol. The fourth-order valence-corrected chi connectivity index (χ4v) is 5.15. The van der Waals surface area contributed by atoms with E-state index in [1.165, 1.54) is 18.5 Å². The molecule has 0 saturated carbocycles. The van der Waals surface area contributed by atoms with Crippen molar-refractivity contribution in [2.45, 2.75) is 19.8 Å². The number of hydrogen-bond acceptors (Lipinski definition) is 5. The standard InChI is InChI=1S/C27H26N4O3/c1-18-24-22(15-23(26(32)33)28-25(24)31(29-18)21-5-3-2-4-6-21)19-7-9-20(10-8-19)30-13-11-27(12-14-30)16-34-17-27/h2-10,15H,11-14,16-17H2,1H3,(H,32,33). The summed E-state index contributed by atoms with van der Waals surface area (Å²) >= 11 is 0. The van der Waals surface area contributed by atoms with Crippen LogP contribution in [0.3, 0.4) is 0 Å². The second-order valence-corrected chi connectivity index (χ2v) is 9.42. The zero-order valence-electron chi connectivity index (χ0n) is 19.1. The van der Waals surface area contributed by atoms with Crippen LogP contribution in [0.2, 0.25) is 0 Å². The van der Waals surface area contributed by atoms with Gasteiger partial charge < -0.3 is 14.7 Å². The summed E-state index contributed by atoms with van der Waals surface area (Å²) in [5, 5.41) is 15.3. The van der Waals surface area contributed by atoms with Crippen molar-refractivity contribution in [1.82, 2.24) is 14.8 Å². The molecule has 4 heterocycles. The van der Waals surface area contributed by atoms with E-state index in [2.05, 4.69) is 34.1 Å². The number of carboxylic acids is 1. The van der Waals surface area contributed by atoms with Crippen molar-refractivity contribution in [3.8, 4) is 16.8 Å². The van der Waals surface area contributed by atoms with Gasteiger partial charge in [-0.3, -0.25) is 0 Å². The number of aryl methyl sites for hydroxylation is 1. The minimum atomic E-state index is -1.06. The summed E-state index contributed by atoms with van der Waals surface area (Å²) < 4.78 is 7.18. The van der Waals surface area contributed by atoms with Gasteiger partial charge >= 0.3 is 5.97 Å². The molecule has 0 amide bonds. The number of anilines is 1. The number of piperidine rings is 1. The van der Waals surface area contributed by atoms with Crippen molar-refractivity contribution in [1.29, 1.82) is 0 Å². The average Bonchev–Trinajstić information content (AvgIpc) is 3.20. The Balaban J connectivity index is 1.39. The van der Waals surface area contributed by atoms with Crippen molar-refractivity contribution >= 4 is 22.7 Å². The zero-order valence-corrected chi connectivity index (χ0v) is 19.1. The van der Waals surface area contributed by atoms with Gasteiger partial charge in [-0.25, -0.2) is 14.5 Å². The number of fused-ring (bicyclic) bond motifs is 1. The first-order chi connectivity index (χ1) is 16.5. The van der Waals surface area contributed by atoms with E-state index in [-0.39, 0.29) is 5.69 Å². The van der Waals surface area contributed by atoms with Gasteiger partial charge in [0, 0.05) is 24.2 Å². The molecule has 2 saturated heterocycles. The van der Waals surface area contributed by atoms with Crippen LogP contribution < -0.4 is 4.90 Å². The first-order valence-electron chi connectivity index (χ1n) is 11.7. The lowest BCUT2D eigenvalue weighted by molar-refractivity contribution is -0.124. The Morgan fingerprint density at radius 3 is 2.32 bits per heavy atom. The lowest BCUT2D eigenvalue weighted by atomic mass is 9.77. The van der Waals surface area contributed by atoms with Gasteiger partial charge in [-0.15, -0.1) is 0 Å². The van der Waals surface area contributed by atoms with E-state index < -0.39 is 5.97 Å². The van der Waals surface area contributed by atoms with Gasteiger partial charge in [-0.1, -0.05) is 30.3 Å². The Kier molecular flexibility index (Phi) is 4.88. The van der Waals surface area contributed by atoms with Gasteiger partial charge in [-0.2, -0.15) is 5.10 Å². The van der Waals surface area contributed by atoms with E-state index in [0.717, 1.165) is 54.2 Å². The fourth-order valence-electron chi connectivity index (χ4n) is 5.15. The number of aromatic nitrogens is 3. The largest absolute Gasteiger partial charge is 0.477 e. The highest BCUT2D eigenvalue weighted by molar-refractivity contribution is 6.00. The highest BCUT2D eigenvalue weighted by atomic mass is 16.5. The molecule has 0 unspecified atom stereocenters. The number of rotatable bonds is 4. The number of benzene rings is 2. The van der Waals surface area contributed by atoms with E-state index in [9.17, 15) is 9.90 Å². The van der Waals surface area contributed by atoms with Crippen LogP contribution in [-0.2, 0) is 4.74 Å². The maximum absolute atomic E-state index is 11.9. The number of carbonyl (C=O) groups is 1. The molecular weight excluding hydrogens is 428 g/mol. The monoisotopic (exact) mass is 454 g/mol. The molecule has 6 rings (SSSR count). The van der Waals surface area contributed by atoms with Crippen LogP contribution in [0.15, 0.2) is 60.7 Å². The van der Waals surface area contributed by atoms with E-state index in [1.807, 2.05) is 37.3 Å². The van der Waals surface area contributed by atoms with Crippen molar-refractivity contribution < 1.29 is 14.6 Å². The van der Waals surface area contributed by atoms with Crippen molar-refractivity contribution in [3.63, 3.8) is 0 Å². The summed E-state index contributed by atoms with van der Waals surface area (Å²) in [7, 11) is 0. The number of nitrogens with zero attached hydrogens (tertiary/aromatic N) is 4. The summed E-state index contributed by atoms with van der Waals surface area (Å²) in [6.45, 7) is 5.82. The minimum Gasteiger partial charge on any atom is -0.477 e. The predicted octanol–water partition coefficient (Wildman–Crippen LogP) is 4.71. The molecule has 172 valence electrons. The number of pyridine rings is 1. The second kappa shape index (κ2) is 7.95. The van der Waals surface area contributed by atoms with Crippen LogP contribution in [0.5, 0.6) is 0 Å². The van der Waals surface area contributed by atoms with Crippen LogP contribution in [0.1, 0.15) is 29.0 Å². The fraction of sp³-hybridized carbons (Fsp3) is 0.296. The van der Waals surface area contributed by atoms with Gasteiger partial charge in [0.25, 0.3) is 0 Å². The van der Waals surface area contributed by atoms with Gasteiger partial charge in [-0.05, 0) is 61.2 Å². The molecule has 0 atom stereocenters. The normalized spacial score (nSPS) is 17.1. The Morgan fingerprint density at radius 1 is 1.00 bits per heavy atom. The van der Waals surface area contributed by atoms with Crippen LogP contribution in [0, 0.1) is 12.3 Å². The quantitative estimate of drug-likeness (QED) is 0.481. The molecule has 4 aromatic rings. The highest BCUT2D eigenvalue weighted by Crippen LogP contribution is 2.40. The maximum atomic E-state index is 11.9. The Hall–Kier alpha value is -3.71. The number of carboxylic acid groups (broad SMARTS) is 1. The molecule has 2 aromatic carbocycles. The molecule has 0 radical (unpaired) electrons. The predicted molar refractivity (Wildman–Crippen MR) is 131 cm³/mol. The molecule has 7 heteroatoms. The van der Waals surface area contributed by atoms with Gasteiger partial charge in [0.05, 0.1) is 30.0 Å². The molecule has 7 nitrogen and oxygen atoms in total. The third-order valence-electron chi connectivity index (χ3n) is 7.22. The number of ether oxygens (including phenoxy) is 1. The molecule has 2 fully saturated rings. The molecule has 2 aliphatic heterocycles. The van der Waals surface area contributed by atoms with Crippen molar-refractivity contribution in [2.24, 2.45) is 5.41 Å². The minimum absolute atomic E-state index is 0.00713. The third kappa shape index (κ3) is 3.44. The topological polar surface area (TPSA) is 80.5 Å². The van der Waals surface area contributed by atoms with Crippen molar-refractivity contribution in [3.05, 3.63) is 72.1 Å². The molecular formula is C27H26N4O3. The summed E-state index contributed by atoms with van der Waals surface area (Å²) in [5.41, 5.74) is 5.60. The summed E-state index contributed by atoms with van der Waals surface area (Å²) in [6.07, 6.45) is 2.33. The Morgan fingerprint density at radius 2 is 1.71 bits per heavy atom. The highest BCUT2D eigenvalue weighted by Gasteiger charge is 2.41. The van der Waals surface area contributed by atoms with Gasteiger partial charge in [0.2, 0.25) is 0 Å². The van der Waals surface area contributed by atoms with Gasteiger partial charge in [0.1, 0.15) is 0 Å². The maximum Gasteiger partial charge on any atom is 0.354 e. The summed E-state index contributed by atoms with van der Waals surface area (Å²) in [4.78, 5) is 18.8. The number of para-hydroxylation sites is 1. The molecule has 0 bridgehead atoms. The van der Waals surface area contributed by atoms with E-state index in [0.29, 0.717) is 11.1 Å². The van der Waals surface area contributed by atoms with Gasteiger partial charge in [0.15, 0.2) is 11.3 Å². The lowest BCUT2D eigenvalue weighted by Gasteiger charge is -2.47. The zero-order chi connectivity index (χ0) is 23.3. The second-order valence-electron chi connectivity index (χ2n) is 9.42. The summed E-state index contributed by atoms with van der Waals surface area (Å²) in [6, 6.07) is 19.7. The van der Waals surface area contributed by atoms with Crippen LogP contribution in [0.4, 0.5) is 5.69 Å². The van der Waals surface area contributed by atoms with E-state index in [4.69, 9.17) is 9.84 Å². The molecule has 1 spiro atoms. The first kappa shape index (κ1) is 20.9. The lowest BCUT2D eigenvalue weighted by Crippen LogP contribution is -2.50. The number of hydrogen-bond donors (Lipinski definition) is 1. The van der Waals surface area contributed by atoms with Crippen LogP contribution >= 0.6 is 0 Å². The smallest absolute Gasteiger partial charge is 0.354 e. The molecule has 2 aromatic heterocycles. The Labute approximate surface area is 197 Å². The molecule has 0 aliphatic carbocycles. The molecule has 2 aliphatic rings.